The molecule has 0 spiro atoms. The molecule has 6 aromatic carbocycles. The van der Waals surface area contributed by atoms with Gasteiger partial charge in [0, 0.05) is 16.7 Å². The molecule has 0 unspecified atom stereocenters. The molecule has 0 fully saturated rings. The van der Waals surface area contributed by atoms with Gasteiger partial charge in [0.15, 0.2) is 5.82 Å². The molecule has 0 atom stereocenters. The Bertz CT molecular complexity index is 2040. The van der Waals surface area contributed by atoms with Crippen molar-refractivity contribution in [2.45, 2.75) is 6.42 Å². The van der Waals surface area contributed by atoms with E-state index in [9.17, 15) is 0 Å². The number of nitrogens with zero attached hydrogens (tertiary/aromatic N) is 2. The molecule has 0 radical (unpaired) electrons. The molecule has 1 aliphatic carbocycles. The summed E-state index contributed by atoms with van der Waals surface area (Å²) >= 11 is 0. The van der Waals surface area contributed by atoms with Gasteiger partial charge >= 0.3 is 0 Å². The first-order chi connectivity index (χ1) is 20.3. The SMILES string of the molecule is c1ccc(-c2ccc(-c3nc(-c4ccccc4)cc(-c4ccc5c(c4)-c4ccc6ccccc6c4C5)n3)cc2)cc1. The Hall–Kier alpha value is -5.34. The van der Waals surface area contributed by atoms with E-state index in [2.05, 4.69) is 133 Å². The zero-order valence-corrected chi connectivity index (χ0v) is 22.5. The van der Waals surface area contributed by atoms with Crippen LogP contribution in [0, 0.1) is 0 Å². The van der Waals surface area contributed by atoms with E-state index in [1.807, 2.05) is 12.1 Å². The fourth-order valence-corrected chi connectivity index (χ4v) is 6.03. The molecule has 0 N–H and O–H groups in total. The maximum atomic E-state index is 5.12. The third-order valence-corrected chi connectivity index (χ3v) is 8.15. The summed E-state index contributed by atoms with van der Waals surface area (Å²) in [4.78, 5) is 10.2. The standard InChI is InChI=1S/C39H26N2/c1-3-9-26(10-4-1)27-15-17-30(18-16-27)39-40-37(29-12-5-2-6-13-29)25-38(41-39)32-20-19-31-23-36-33-14-8-7-11-28(33)21-22-34(36)35(31)24-32/h1-22,24-25H,23H2. The molecule has 0 amide bonds. The van der Waals surface area contributed by atoms with Crippen LogP contribution in [-0.2, 0) is 6.42 Å². The molecule has 7 aromatic rings. The normalized spacial score (nSPS) is 11.8. The fourth-order valence-electron chi connectivity index (χ4n) is 6.03. The monoisotopic (exact) mass is 522 g/mol. The molecule has 41 heavy (non-hydrogen) atoms. The van der Waals surface area contributed by atoms with Crippen LogP contribution in [0.15, 0.2) is 146 Å². The van der Waals surface area contributed by atoms with Crippen LogP contribution in [0.1, 0.15) is 11.1 Å². The minimum Gasteiger partial charge on any atom is -0.228 e. The first kappa shape index (κ1) is 23.5. The van der Waals surface area contributed by atoms with Gasteiger partial charge < -0.3 is 0 Å². The smallest absolute Gasteiger partial charge is 0.160 e. The van der Waals surface area contributed by atoms with Gasteiger partial charge in [0.1, 0.15) is 0 Å². The van der Waals surface area contributed by atoms with Crippen LogP contribution in [0.3, 0.4) is 0 Å². The third kappa shape index (κ3) is 4.21. The average Bonchev–Trinajstić information content (AvgIpc) is 3.44. The number of rotatable bonds is 4. The zero-order valence-electron chi connectivity index (χ0n) is 22.5. The second-order valence-corrected chi connectivity index (χ2v) is 10.6. The molecule has 1 heterocycles. The Balaban J connectivity index is 1.25. The number of benzene rings is 6. The van der Waals surface area contributed by atoms with Gasteiger partial charge in [-0.25, -0.2) is 9.97 Å². The third-order valence-electron chi connectivity index (χ3n) is 8.15. The number of aromatic nitrogens is 2. The van der Waals surface area contributed by atoms with Crippen molar-refractivity contribution in [2.75, 3.05) is 0 Å². The molecular formula is C39H26N2. The van der Waals surface area contributed by atoms with E-state index in [0.29, 0.717) is 0 Å². The predicted molar refractivity (Wildman–Crippen MR) is 170 cm³/mol. The fraction of sp³-hybridized carbons (Fsp3) is 0.0256. The van der Waals surface area contributed by atoms with Crippen LogP contribution in [-0.4, -0.2) is 9.97 Å². The first-order valence-electron chi connectivity index (χ1n) is 14.0. The second kappa shape index (κ2) is 9.69. The molecule has 1 aliphatic rings. The Kier molecular flexibility index (Phi) is 5.56. The van der Waals surface area contributed by atoms with Gasteiger partial charge in [-0.2, -0.15) is 0 Å². The van der Waals surface area contributed by atoms with Gasteiger partial charge in [-0.05, 0) is 62.7 Å². The lowest BCUT2D eigenvalue weighted by Gasteiger charge is -2.11. The van der Waals surface area contributed by atoms with Crippen LogP contribution < -0.4 is 0 Å². The van der Waals surface area contributed by atoms with Crippen molar-refractivity contribution in [1.29, 1.82) is 0 Å². The van der Waals surface area contributed by atoms with Gasteiger partial charge in [-0.1, -0.05) is 133 Å². The largest absolute Gasteiger partial charge is 0.228 e. The van der Waals surface area contributed by atoms with Crippen LogP contribution in [0.5, 0.6) is 0 Å². The summed E-state index contributed by atoms with van der Waals surface area (Å²) in [5.74, 6) is 0.729. The Morgan fingerprint density at radius 1 is 0.415 bits per heavy atom. The van der Waals surface area contributed by atoms with Crippen molar-refractivity contribution >= 4 is 10.8 Å². The van der Waals surface area contributed by atoms with Crippen molar-refractivity contribution in [2.24, 2.45) is 0 Å². The van der Waals surface area contributed by atoms with Crippen molar-refractivity contribution in [1.82, 2.24) is 9.97 Å². The number of fused-ring (bicyclic) bond motifs is 5. The highest BCUT2D eigenvalue weighted by Crippen LogP contribution is 2.42. The first-order valence-corrected chi connectivity index (χ1v) is 14.0. The average molecular weight is 523 g/mol. The summed E-state index contributed by atoms with van der Waals surface area (Å²) in [5.41, 5.74) is 12.8. The van der Waals surface area contributed by atoms with E-state index < -0.39 is 0 Å². The van der Waals surface area contributed by atoms with Crippen LogP contribution in [0.2, 0.25) is 0 Å². The van der Waals surface area contributed by atoms with Crippen molar-refractivity contribution in [3.05, 3.63) is 157 Å². The highest BCUT2D eigenvalue weighted by molar-refractivity contribution is 5.96. The molecule has 1 aromatic heterocycles. The van der Waals surface area contributed by atoms with Gasteiger partial charge in [0.05, 0.1) is 11.4 Å². The topological polar surface area (TPSA) is 25.8 Å². The van der Waals surface area contributed by atoms with Crippen molar-refractivity contribution in [3.63, 3.8) is 0 Å². The maximum Gasteiger partial charge on any atom is 0.160 e. The lowest BCUT2D eigenvalue weighted by atomic mass is 9.98. The summed E-state index contributed by atoms with van der Waals surface area (Å²) in [7, 11) is 0. The summed E-state index contributed by atoms with van der Waals surface area (Å²) in [6.45, 7) is 0. The molecular weight excluding hydrogens is 496 g/mol. The molecule has 192 valence electrons. The summed E-state index contributed by atoms with van der Waals surface area (Å²) in [6, 6.07) is 51.5. The molecule has 0 saturated carbocycles. The summed E-state index contributed by atoms with van der Waals surface area (Å²) in [5, 5.41) is 2.64. The van der Waals surface area contributed by atoms with Gasteiger partial charge in [0.25, 0.3) is 0 Å². The molecule has 2 nitrogen and oxygen atoms in total. The van der Waals surface area contributed by atoms with E-state index >= 15 is 0 Å². The van der Waals surface area contributed by atoms with E-state index in [4.69, 9.17) is 9.97 Å². The summed E-state index contributed by atoms with van der Waals surface area (Å²) < 4.78 is 0. The minimum atomic E-state index is 0.729. The van der Waals surface area contributed by atoms with Crippen LogP contribution >= 0.6 is 0 Å². The molecule has 0 aliphatic heterocycles. The Labute approximate surface area is 239 Å². The minimum absolute atomic E-state index is 0.729. The second-order valence-electron chi connectivity index (χ2n) is 10.6. The Morgan fingerprint density at radius 3 is 1.80 bits per heavy atom. The lowest BCUT2D eigenvalue weighted by Crippen LogP contribution is -1.96. The molecule has 8 rings (SSSR count). The van der Waals surface area contributed by atoms with E-state index in [-0.39, 0.29) is 0 Å². The van der Waals surface area contributed by atoms with Crippen molar-refractivity contribution in [3.8, 4) is 56.2 Å². The van der Waals surface area contributed by atoms with Crippen LogP contribution in [0.25, 0.3) is 66.9 Å². The highest BCUT2D eigenvalue weighted by Gasteiger charge is 2.21. The van der Waals surface area contributed by atoms with Gasteiger partial charge in [-0.15, -0.1) is 0 Å². The van der Waals surface area contributed by atoms with E-state index in [1.54, 1.807) is 0 Å². The van der Waals surface area contributed by atoms with Gasteiger partial charge in [-0.3, -0.25) is 0 Å². The predicted octanol–water partition coefficient (Wildman–Crippen LogP) is 9.87. The van der Waals surface area contributed by atoms with E-state index in [0.717, 1.165) is 40.3 Å². The number of hydrogen-bond acceptors (Lipinski definition) is 2. The lowest BCUT2D eigenvalue weighted by molar-refractivity contribution is 1.18. The quantitative estimate of drug-likeness (QED) is 0.230. The zero-order chi connectivity index (χ0) is 27.2. The van der Waals surface area contributed by atoms with Gasteiger partial charge in [0.2, 0.25) is 0 Å². The van der Waals surface area contributed by atoms with E-state index in [1.165, 1.54) is 44.2 Å². The van der Waals surface area contributed by atoms with Crippen molar-refractivity contribution < 1.29 is 0 Å². The number of hydrogen-bond donors (Lipinski definition) is 0. The molecule has 0 saturated heterocycles. The molecule has 0 bridgehead atoms. The van der Waals surface area contributed by atoms with Crippen LogP contribution in [0.4, 0.5) is 0 Å². The molecule has 2 heteroatoms. The maximum absolute atomic E-state index is 5.12. The summed E-state index contributed by atoms with van der Waals surface area (Å²) in [6.07, 6.45) is 0.963. The Morgan fingerprint density at radius 2 is 1.02 bits per heavy atom. The highest BCUT2D eigenvalue weighted by atomic mass is 14.9.